The summed E-state index contributed by atoms with van der Waals surface area (Å²) in [6, 6.07) is 8.50. The average molecular weight is 366 g/mol. The molecule has 134 valence electrons. The van der Waals surface area contributed by atoms with Gasteiger partial charge in [0.15, 0.2) is 0 Å². The van der Waals surface area contributed by atoms with Crippen LogP contribution < -0.4 is 21.7 Å². The normalized spacial score (nSPS) is 9.76. The van der Waals surface area contributed by atoms with E-state index in [1.165, 1.54) is 0 Å². The predicted octanol–water partition coefficient (Wildman–Crippen LogP) is -1.61. The first-order valence-electron chi connectivity index (χ1n) is 7.19. The lowest BCUT2D eigenvalue weighted by Crippen LogP contribution is -2.43. The number of carbonyl (C=O) groups is 5. The summed E-state index contributed by atoms with van der Waals surface area (Å²) in [5.74, 6) is -2.47. The van der Waals surface area contributed by atoms with Crippen LogP contribution in [-0.2, 0) is 19.2 Å². The molecule has 0 saturated carbocycles. The highest BCUT2D eigenvalue weighted by Gasteiger charge is 2.11. The molecule has 0 unspecified atom stereocenters. The van der Waals surface area contributed by atoms with Crippen molar-refractivity contribution < 1.29 is 24.0 Å². The first-order chi connectivity index (χ1) is 11.9. The fourth-order valence-corrected chi connectivity index (χ4v) is 2.18. The third-order valence-electron chi connectivity index (χ3n) is 2.70. The highest BCUT2D eigenvalue weighted by molar-refractivity contribution is 8.14. The van der Waals surface area contributed by atoms with Crippen molar-refractivity contribution in [2.45, 2.75) is 0 Å². The summed E-state index contributed by atoms with van der Waals surface area (Å²) in [6.45, 7) is -0.997. The second kappa shape index (κ2) is 10.8. The van der Waals surface area contributed by atoms with Gasteiger partial charge in [0.05, 0.1) is 25.4 Å². The van der Waals surface area contributed by atoms with E-state index in [9.17, 15) is 24.0 Å². The van der Waals surface area contributed by atoms with Crippen LogP contribution in [-0.4, -0.2) is 54.1 Å². The number of nitrogens with two attached hydrogens (primary N) is 1. The van der Waals surface area contributed by atoms with Crippen LogP contribution in [0, 0.1) is 0 Å². The van der Waals surface area contributed by atoms with Gasteiger partial charge in [-0.1, -0.05) is 42.1 Å². The van der Waals surface area contributed by atoms with Gasteiger partial charge in [-0.15, -0.1) is 0 Å². The van der Waals surface area contributed by atoms with Crippen molar-refractivity contribution in [3.05, 3.63) is 35.9 Å². The molecule has 0 fully saturated rings. The van der Waals surface area contributed by atoms with E-state index in [1.54, 1.807) is 30.3 Å². The van der Waals surface area contributed by atoms with E-state index in [1.807, 2.05) is 0 Å². The van der Waals surface area contributed by atoms with E-state index in [4.69, 9.17) is 5.73 Å². The summed E-state index contributed by atoms with van der Waals surface area (Å²) in [4.78, 5) is 56.6. The van der Waals surface area contributed by atoms with Crippen LogP contribution in [0.15, 0.2) is 30.3 Å². The van der Waals surface area contributed by atoms with Gasteiger partial charge in [-0.25, -0.2) is 0 Å². The van der Waals surface area contributed by atoms with Crippen molar-refractivity contribution in [2.75, 3.05) is 25.4 Å². The Bertz CT molecular complexity index is 651. The quantitative estimate of drug-likeness (QED) is 0.413. The summed E-state index contributed by atoms with van der Waals surface area (Å²) in [5.41, 5.74) is 5.34. The zero-order valence-electron chi connectivity index (χ0n) is 13.2. The Hall–Kier alpha value is -2.88. The summed E-state index contributed by atoms with van der Waals surface area (Å²) >= 11 is 0.826. The van der Waals surface area contributed by atoms with Gasteiger partial charge in [0.1, 0.15) is 0 Å². The van der Waals surface area contributed by atoms with Crippen molar-refractivity contribution in [3.63, 3.8) is 0 Å². The molecule has 0 aliphatic heterocycles. The van der Waals surface area contributed by atoms with E-state index in [0.717, 1.165) is 11.8 Å². The van der Waals surface area contributed by atoms with E-state index in [2.05, 4.69) is 16.0 Å². The van der Waals surface area contributed by atoms with Gasteiger partial charge in [0.2, 0.25) is 28.7 Å². The lowest BCUT2D eigenvalue weighted by molar-refractivity contribution is -0.127. The van der Waals surface area contributed by atoms with Crippen LogP contribution >= 0.6 is 11.8 Å². The highest BCUT2D eigenvalue weighted by Crippen LogP contribution is 2.11. The first-order valence-corrected chi connectivity index (χ1v) is 8.17. The Balaban J connectivity index is 2.18. The molecular weight excluding hydrogens is 348 g/mol. The minimum atomic E-state index is -0.700. The van der Waals surface area contributed by atoms with E-state index in [-0.39, 0.29) is 30.5 Å². The molecule has 25 heavy (non-hydrogen) atoms. The van der Waals surface area contributed by atoms with Crippen molar-refractivity contribution in [1.29, 1.82) is 0 Å². The van der Waals surface area contributed by atoms with Gasteiger partial charge in [0, 0.05) is 5.56 Å². The number of rotatable bonds is 9. The van der Waals surface area contributed by atoms with Crippen LogP contribution in [0.3, 0.4) is 0 Å². The van der Waals surface area contributed by atoms with Gasteiger partial charge in [-0.05, 0) is 0 Å². The first kappa shape index (κ1) is 20.2. The predicted molar refractivity (Wildman–Crippen MR) is 91.5 cm³/mol. The third-order valence-corrected chi connectivity index (χ3v) is 3.60. The molecule has 1 rings (SSSR count). The SMILES string of the molecule is NC(=O)CNC(=O)CNC(=O)CNC(=O)CSC(=O)c1ccccc1. The zero-order chi connectivity index (χ0) is 18.7. The number of carbonyl (C=O) groups excluding carboxylic acids is 5. The van der Waals surface area contributed by atoms with E-state index >= 15 is 0 Å². The maximum Gasteiger partial charge on any atom is 0.239 e. The Labute approximate surface area is 148 Å². The number of hydrogen-bond acceptors (Lipinski definition) is 6. The zero-order valence-corrected chi connectivity index (χ0v) is 14.1. The maximum absolute atomic E-state index is 11.8. The minimum absolute atomic E-state index is 0.125. The second-order valence-electron chi connectivity index (χ2n) is 4.74. The van der Waals surface area contributed by atoms with Crippen molar-refractivity contribution in [3.8, 4) is 0 Å². The summed E-state index contributed by atoms with van der Waals surface area (Å²) in [7, 11) is 0. The number of amides is 4. The van der Waals surface area contributed by atoms with Crippen molar-refractivity contribution >= 4 is 40.5 Å². The molecule has 10 heteroatoms. The number of primary amides is 1. The lowest BCUT2D eigenvalue weighted by Gasteiger charge is -2.07. The summed E-state index contributed by atoms with van der Waals surface area (Å²) in [6.07, 6.45) is 0. The second-order valence-corrected chi connectivity index (χ2v) is 5.69. The van der Waals surface area contributed by atoms with Crippen LogP contribution in [0.2, 0.25) is 0 Å². The van der Waals surface area contributed by atoms with Crippen molar-refractivity contribution in [1.82, 2.24) is 16.0 Å². The molecule has 5 N–H and O–H groups in total. The Morgan fingerprint density at radius 2 is 1.32 bits per heavy atom. The molecule has 9 nitrogen and oxygen atoms in total. The van der Waals surface area contributed by atoms with Crippen LogP contribution in [0.25, 0.3) is 0 Å². The fourth-order valence-electron chi connectivity index (χ4n) is 1.51. The summed E-state index contributed by atoms with van der Waals surface area (Å²) in [5, 5.41) is 6.54. The molecular formula is C15H18N4O5S. The minimum Gasteiger partial charge on any atom is -0.368 e. The molecule has 0 aromatic heterocycles. The molecule has 0 saturated heterocycles. The number of benzene rings is 1. The molecule has 0 atom stereocenters. The van der Waals surface area contributed by atoms with E-state index in [0.29, 0.717) is 5.56 Å². The van der Waals surface area contributed by atoms with Gasteiger partial charge in [-0.2, -0.15) is 0 Å². The molecule has 1 aromatic carbocycles. The smallest absolute Gasteiger partial charge is 0.239 e. The maximum atomic E-state index is 11.8. The summed E-state index contributed by atoms with van der Waals surface area (Å²) < 4.78 is 0. The van der Waals surface area contributed by atoms with Crippen LogP contribution in [0.4, 0.5) is 0 Å². The van der Waals surface area contributed by atoms with Gasteiger partial charge in [0.25, 0.3) is 0 Å². The third kappa shape index (κ3) is 9.11. The molecule has 0 heterocycles. The number of nitrogens with one attached hydrogen (secondary N) is 3. The topological polar surface area (TPSA) is 147 Å². The Morgan fingerprint density at radius 1 is 0.800 bits per heavy atom. The standard InChI is InChI=1S/C15H18N4O5S/c16-11(20)6-17-12(21)7-18-13(22)8-19-14(23)9-25-15(24)10-4-2-1-3-5-10/h1-5H,6-9H2,(H2,16,20)(H,17,21)(H,18,22)(H,19,23). The molecule has 1 aromatic rings. The largest absolute Gasteiger partial charge is 0.368 e. The molecule has 0 spiro atoms. The van der Waals surface area contributed by atoms with Gasteiger partial charge >= 0.3 is 0 Å². The Kier molecular flexibility index (Phi) is 8.72. The molecule has 0 bridgehead atoms. The van der Waals surface area contributed by atoms with Crippen LogP contribution in [0.1, 0.15) is 10.4 Å². The number of thioether (sulfide) groups is 1. The van der Waals surface area contributed by atoms with Crippen molar-refractivity contribution in [2.24, 2.45) is 5.73 Å². The number of hydrogen-bond donors (Lipinski definition) is 4. The molecule has 4 amide bonds. The highest BCUT2D eigenvalue weighted by atomic mass is 32.2. The fraction of sp³-hybridized carbons (Fsp3) is 0.267. The van der Waals surface area contributed by atoms with Gasteiger partial charge < -0.3 is 21.7 Å². The van der Waals surface area contributed by atoms with Crippen LogP contribution in [0.5, 0.6) is 0 Å². The molecule has 0 radical (unpaired) electrons. The molecule has 0 aliphatic carbocycles. The van der Waals surface area contributed by atoms with Gasteiger partial charge in [-0.3, -0.25) is 24.0 Å². The van der Waals surface area contributed by atoms with E-state index < -0.39 is 23.6 Å². The monoisotopic (exact) mass is 366 g/mol. The molecule has 0 aliphatic rings. The average Bonchev–Trinajstić information content (AvgIpc) is 2.61. The lowest BCUT2D eigenvalue weighted by atomic mass is 10.2. The Morgan fingerprint density at radius 3 is 1.88 bits per heavy atom.